The van der Waals surface area contributed by atoms with E-state index in [0.717, 1.165) is 25.8 Å². The van der Waals surface area contributed by atoms with Crippen LogP contribution in [-0.4, -0.2) is 18.5 Å². The molecule has 1 aromatic rings. The maximum absolute atomic E-state index is 11.7. The van der Waals surface area contributed by atoms with E-state index in [1.54, 1.807) is 0 Å². The van der Waals surface area contributed by atoms with Crippen molar-refractivity contribution in [2.24, 2.45) is 0 Å². The van der Waals surface area contributed by atoms with Crippen LogP contribution in [0.25, 0.3) is 0 Å². The van der Waals surface area contributed by atoms with Crippen LogP contribution in [0.4, 0.5) is 0 Å². The molecule has 3 nitrogen and oxygen atoms in total. The fourth-order valence-electron chi connectivity index (χ4n) is 2.22. The molecule has 19 heavy (non-hydrogen) atoms. The van der Waals surface area contributed by atoms with Crippen LogP contribution in [-0.2, 0) is 17.8 Å². The first-order valence-electron chi connectivity index (χ1n) is 7.24. The predicted octanol–water partition coefficient (Wildman–Crippen LogP) is 2.64. The summed E-state index contributed by atoms with van der Waals surface area (Å²) in [6.45, 7) is 7.46. The van der Waals surface area contributed by atoms with Crippen LogP contribution in [0.2, 0.25) is 0 Å². The number of carbonyl (C=O) groups excluding carboxylic acids is 1. The van der Waals surface area contributed by atoms with Gasteiger partial charge in [0, 0.05) is 12.6 Å². The molecule has 0 radical (unpaired) electrons. The molecule has 1 amide bonds. The highest BCUT2D eigenvalue weighted by Crippen LogP contribution is 2.08. The van der Waals surface area contributed by atoms with Crippen molar-refractivity contribution in [2.75, 3.05) is 6.54 Å². The molecule has 0 saturated heterocycles. The molecule has 2 N–H and O–H groups in total. The molecular weight excluding hydrogens is 236 g/mol. The lowest BCUT2D eigenvalue weighted by Gasteiger charge is -2.13. The summed E-state index contributed by atoms with van der Waals surface area (Å²) in [6.07, 6.45) is 3.15. The second-order valence-electron chi connectivity index (χ2n) is 4.98. The van der Waals surface area contributed by atoms with Gasteiger partial charge in [-0.15, -0.1) is 0 Å². The van der Waals surface area contributed by atoms with Crippen LogP contribution in [0.15, 0.2) is 24.3 Å². The zero-order chi connectivity index (χ0) is 14.1. The number of hydrogen-bond acceptors (Lipinski definition) is 2. The molecule has 0 aliphatic carbocycles. The molecular formula is C16H26N2O. The smallest absolute Gasteiger partial charge is 0.234 e. The minimum absolute atomic E-state index is 0.0786. The Hall–Kier alpha value is -1.35. The molecule has 0 aromatic heterocycles. The maximum atomic E-state index is 11.7. The molecule has 0 bridgehead atoms. The van der Waals surface area contributed by atoms with Gasteiger partial charge in [-0.25, -0.2) is 0 Å². The van der Waals surface area contributed by atoms with E-state index in [9.17, 15) is 4.79 Å². The normalized spacial score (nSPS) is 12.2. The lowest BCUT2D eigenvalue weighted by molar-refractivity contribution is -0.120. The minimum atomic E-state index is 0.0786. The largest absolute Gasteiger partial charge is 0.353 e. The van der Waals surface area contributed by atoms with Gasteiger partial charge < -0.3 is 10.6 Å². The molecule has 106 valence electrons. The predicted molar refractivity (Wildman–Crippen MR) is 80.0 cm³/mol. The minimum Gasteiger partial charge on any atom is -0.353 e. The number of amides is 1. The zero-order valence-corrected chi connectivity index (χ0v) is 12.3. The van der Waals surface area contributed by atoms with Crippen molar-refractivity contribution >= 4 is 5.91 Å². The van der Waals surface area contributed by atoms with E-state index in [2.05, 4.69) is 42.7 Å². The van der Waals surface area contributed by atoms with Gasteiger partial charge in [0.15, 0.2) is 0 Å². The highest BCUT2D eigenvalue weighted by atomic mass is 16.1. The Morgan fingerprint density at radius 3 is 2.53 bits per heavy atom. The molecule has 0 aliphatic rings. The van der Waals surface area contributed by atoms with Crippen molar-refractivity contribution < 1.29 is 4.79 Å². The molecule has 0 spiro atoms. The Morgan fingerprint density at radius 2 is 1.89 bits per heavy atom. The van der Waals surface area contributed by atoms with Crippen molar-refractivity contribution in [2.45, 2.75) is 52.6 Å². The van der Waals surface area contributed by atoms with Crippen LogP contribution in [0.5, 0.6) is 0 Å². The van der Waals surface area contributed by atoms with E-state index in [-0.39, 0.29) is 11.9 Å². The summed E-state index contributed by atoms with van der Waals surface area (Å²) in [7, 11) is 0. The second kappa shape index (κ2) is 8.70. The quantitative estimate of drug-likeness (QED) is 0.756. The Balaban J connectivity index is 2.31. The van der Waals surface area contributed by atoms with Gasteiger partial charge in [-0.1, -0.05) is 44.5 Å². The first kappa shape index (κ1) is 15.7. The van der Waals surface area contributed by atoms with Crippen LogP contribution < -0.4 is 10.6 Å². The molecule has 0 fully saturated rings. The van der Waals surface area contributed by atoms with Crippen molar-refractivity contribution in [1.29, 1.82) is 0 Å². The van der Waals surface area contributed by atoms with Crippen LogP contribution in [0.1, 0.15) is 44.7 Å². The second-order valence-corrected chi connectivity index (χ2v) is 4.98. The number of hydrogen-bond donors (Lipinski definition) is 2. The molecule has 0 aliphatic heterocycles. The summed E-state index contributed by atoms with van der Waals surface area (Å²) in [5.74, 6) is 0.0786. The van der Waals surface area contributed by atoms with Crippen molar-refractivity contribution in [3.63, 3.8) is 0 Å². The van der Waals surface area contributed by atoms with Gasteiger partial charge in [-0.05, 0) is 30.9 Å². The Kier molecular flexibility index (Phi) is 7.19. The van der Waals surface area contributed by atoms with E-state index in [4.69, 9.17) is 0 Å². The summed E-state index contributed by atoms with van der Waals surface area (Å²) in [5, 5.41) is 6.21. The molecule has 1 aromatic carbocycles. The number of benzene rings is 1. The molecule has 1 unspecified atom stereocenters. The molecule has 0 heterocycles. The third-order valence-corrected chi connectivity index (χ3v) is 3.23. The van der Waals surface area contributed by atoms with Crippen LogP contribution in [0.3, 0.4) is 0 Å². The fourth-order valence-corrected chi connectivity index (χ4v) is 2.22. The molecule has 3 heteroatoms. The summed E-state index contributed by atoms with van der Waals surface area (Å²) < 4.78 is 0. The maximum Gasteiger partial charge on any atom is 0.234 e. The first-order chi connectivity index (χ1) is 9.17. The van der Waals surface area contributed by atoms with Gasteiger partial charge in [0.05, 0.1) is 6.54 Å². The van der Waals surface area contributed by atoms with E-state index in [1.807, 2.05) is 13.0 Å². The third kappa shape index (κ3) is 5.88. The van der Waals surface area contributed by atoms with Crippen molar-refractivity contribution in [3.05, 3.63) is 35.4 Å². The van der Waals surface area contributed by atoms with Gasteiger partial charge in [0.25, 0.3) is 0 Å². The number of aryl methyl sites for hydroxylation is 1. The Morgan fingerprint density at radius 1 is 1.21 bits per heavy atom. The summed E-state index contributed by atoms with van der Waals surface area (Å²) in [4.78, 5) is 11.7. The Bertz CT molecular complexity index is 390. The van der Waals surface area contributed by atoms with Gasteiger partial charge >= 0.3 is 0 Å². The SMILES string of the molecule is CCCC(C)NC(=O)CNCc1ccccc1CC. The molecule has 1 rings (SSSR count). The Labute approximate surface area is 116 Å². The lowest BCUT2D eigenvalue weighted by atomic mass is 10.1. The number of rotatable bonds is 8. The van der Waals surface area contributed by atoms with Crippen molar-refractivity contribution in [3.8, 4) is 0 Å². The molecule has 1 atom stereocenters. The average molecular weight is 262 g/mol. The molecule has 0 saturated carbocycles. The van der Waals surface area contributed by atoms with Gasteiger partial charge in [0.1, 0.15) is 0 Å². The summed E-state index contributed by atoms with van der Waals surface area (Å²) >= 11 is 0. The highest BCUT2D eigenvalue weighted by Gasteiger charge is 2.06. The standard InChI is InChI=1S/C16H26N2O/c1-4-8-13(3)18-16(19)12-17-11-15-10-7-6-9-14(15)5-2/h6-7,9-10,13,17H,4-5,8,11-12H2,1-3H3,(H,18,19). The summed E-state index contributed by atoms with van der Waals surface area (Å²) in [5.41, 5.74) is 2.62. The van der Waals surface area contributed by atoms with Gasteiger partial charge in [0.2, 0.25) is 5.91 Å². The van der Waals surface area contributed by atoms with Crippen LogP contribution in [0, 0.1) is 0 Å². The fraction of sp³-hybridized carbons (Fsp3) is 0.562. The van der Waals surface area contributed by atoms with Gasteiger partial charge in [-0.2, -0.15) is 0 Å². The van der Waals surface area contributed by atoms with Crippen molar-refractivity contribution in [1.82, 2.24) is 10.6 Å². The third-order valence-electron chi connectivity index (χ3n) is 3.23. The zero-order valence-electron chi connectivity index (χ0n) is 12.3. The van der Waals surface area contributed by atoms with Gasteiger partial charge in [-0.3, -0.25) is 4.79 Å². The lowest BCUT2D eigenvalue weighted by Crippen LogP contribution is -2.38. The van der Waals surface area contributed by atoms with E-state index in [1.165, 1.54) is 11.1 Å². The average Bonchev–Trinajstić information content (AvgIpc) is 2.39. The van der Waals surface area contributed by atoms with E-state index >= 15 is 0 Å². The number of carbonyl (C=O) groups is 1. The van der Waals surface area contributed by atoms with Crippen LogP contribution >= 0.6 is 0 Å². The topological polar surface area (TPSA) is 41.1 Å². The monoisotopic (exact) mass is 262 g/mol. The number of nitrogens with one attached hydrogen (secondary N) is 2. The highest BCUT2D eigenvalue weighted by molar-refractivity contribution is 5.78. The van der Waals surface area contributed by atoms with E-state index < -0.39 is 0 Å². The first-order valence-corrected chi connectivity index (χ1v) is 7.24. The van der Waals surface area contributed by atoms with E-state index in [0.29, 0.717) is 6.54 Å². The summed E-state index contributed by atoms with van der Waals surface area (Å²) in [6, 6.07) is 8.62.